The van der Waals surface area contributed by atoms with Crippen LogP contribution in [-0.2, 0) is 0 Å². The average Bonchev–Trinajstić information content (AvgIpc) is 3.08. The standard InChI is InChI=1S/C11H8N2O3/c12-5-9-6-13(9)11(15)16-10-3-1-2-8(4-10)7-14/h1-4,7,9H,6H2. The molecule has 1 atom stereocenters. The molecule has 5 heteroatoms. The van der Waals surface area contributed by atoms with Gasteiger partial charge in [-0.2, -0.15) is 5.26 Å². The molecule has 1 aliphatic heterocycles. The predicted octanol–water partition coefficient (Wildman–Crippen LogP) is 1.21. The molecule has 0 bridgehead atoms. The van der Waals surface area contributed by atoms with E-state index in [0.717, 1.165) is 0 Å². The van der Waals surface area contributed by atoms with Crippen molar-refractivity contribution in [2.45, 2.75) is 6.04 Å². The molecule has 0 radical (unpaired) electrons. The van der Waals surface area contributed by atoms with Gasteiger partial charge < -0.3 is 4.74 Å². The second kappa shape index (κ2) is 4.03. The molecule has 1 aliphatic rings. The lowest BCUT2D eigenvalue weighted by Gasteiger charge is -2.04. The maximum atomic E-state index is 11.4. The van der Waals surface area contributed by atoms with Crippen LogP contribution in [-0.4, -0.2) is 29.9 Å². The van der Waals surface area contributed by atoms with Gasteiger partial charge in [-0.3, -0.25) is 9.69 Å². The third kappa shape index (κ3) is 2.01. The molecular weight excluding hydrogens is 208 g/mol. The minimum absolute atomic E-state index is 0.304. The van der Waals surface area contributed by atoms with Gasteiger partial charge in [-0.15, -0.1) is 0 Å². The number of hydrogen-bond acceptors (Lipinski definition) is 4. The fourth-order valence-corrected chi connectivity index (χ4v) is 1.26. The van der Waals surface area contributed by atoms with Crippen LogP contribution in [0.15, 0.2) is 24.3 Å². The van der Waals surface area contributed by atoms with E-state index in [2.05, 4.69) is 0 Å². The van der Waals surface area contributed by atoms with Crippen LogP contribution in [0.4, 0.5) is 4.79 Å². The van der Waals surface area contributed by atoms with Crippen LogP contribution in [0.1, 0.15) is 10.4 Å². The lowest BCUT2D eigenvalue weighted by molar-refractivity contribution is 0.112. The number of rotatable bonds is 2. The van der Waals surface area contributed by atoms with E-state index in [-0.39, 0.29) is 6.04 Å². The fourth-order valence-electron chi connectivity index (χ4n) is 1.26. The zero-order chi connectivity index (χ0) is 11.5. The first kappa shape index (κ1) is 10.2. The molecule has 1 aromatic rings. The Morgan fingerprint density at radius 3 is 3.06 bits per heavy atom. The number of hydrogen-bond donors (Lipinski definition) is 0. The molecule has 1 saturated heterocycles. The van der Waals surface area contributed by atoms with Gasteiger partial charge in [0.1, 0.15) is 18.1 Å². The molecule has 0 N–H and O–H groups in total. The number of amides is 1. The monoisotopic (exact) mass is 216 g/mol. The third-order valence-corrected chi connectivity index (χ3v) is 2.20. The Bertz CT molecular complexity index is 478. The van der Waals surface area contributed by atoms with Gasteiger partial charge in [-0.1, -0.05) is 12.1 Å². The lowest BCUT2D eigenvalue weighted by atomic mass is 10.2. The van der Waals surface area contributed by atoms with Gasteiger partial charge in [-0.05, 0) is 12.1 Å². The van der Waals surface area contributed by atoms with Crippen LogP contribution in [0, 0.1) is 11.3 Å². The van der Waals surface area contributed by atoms with Gasteiger partial charge in [0.25, 0.3) is 0 Å². The number of ether oxygens (including phenoxy) is 1. The van der Waals surface area contributed by atoms with Crippen molar-refractivity contribution < 1.29 is 14.3 Å². The van der Waals surface area contributed by atoms with Crippen LogP contribution in [0.2, 0.25) is 0 Å². The Balaban J connectivity index is 2.02. The van der Waals surface area contributed by atoms with Crippen LogP contribution in [0.25, 0.3) is 0 Å². The molecule has 1 aromatic carbocycles. The van der Waals surface area contributed by atoms with Crippen LogP contribution in [0.5, 0.6) is 5.75 Å². The number of benzene rings is 1. The number of aldehydes is 1. The van der Waals surface area contributed by atoms with E-state index in [1.165, 1.54) is 11.0 Å². The predicted molar refractivity (Wildman–Crippen MR) is 54.0 cm³/mol. The summed E-state index contributed by atoms with van der Waals surface area (Å²) in [5, 5.41) is 8.53. The molecule has 80 valence electrons. The van der Waals surface area contributed by atoms with Crippen molar-refractivity contribution in [1.29, 1.82) is 5.26 Å². The van der Waals surface area contributed by atoms with Crippen molar-refractivity contribution in [3.63, 3.8) is 0 Å². The van der Waals surface area contributed by atoms with Crippen molar-refractivity contribution in [1.82, 2.24) is 4.90 Å². The molecule has 2 rings (SSSR count). The Hall–Kier alpha value is -2.35. The third-order valence-electron chi connectivity index (χ3n) is 2.20. The summed E-state index contributed by atoms with van der Waals surface area (Å²) in [6.45, 7) is 0.405. The topological polar surface area (TPSA) is 70.2 Å². The summed E-state index contributed by atoms with van der Waals surface area (Å²) in [6.07, 6.45) is 0.113. The lowest BCUT2D eigenvalue weighted by Crippen LogP contribution is -2.17. The molecule has 1 amide bonds. The first-order valence-corrected chi connectivity index (χ1v) is 4.68. The summed E-state index contributed by atoms with van der Waals surface area (Å²) in [7, 11) is 0. The van der Waals surface area contributed by atoms with E-state index in [9.17, 15) is 9.59 Å². The number of carbonyl (C=O) groups excluding carboxylic acids is 2. The van der Waals surface area contributed by atoms with E-state index in [1.807, 2.05) is 6.07 Å². The first-order chi connectivity index (χ1) is 7.74. The number of nitriles is 1. The Kier molecular flexibility index (Phi) is 2.56. The van der Waals surface area contributed by atoms with Gasteiger partial charge in [0.05, 0.1) is 12.6 Å². The molecule has 1 fully saturated rings. The zero-order valence-electron chi connectivity index (χ0n) is 8.29. The van der Waals surface area contributed by atoms with Gasteiger partial charge >= 0.3 is 6.09 Å². The second-order valence-corrected chi connectivity index (χ2v) is 3.36. The Morgan fingerprint density at radius 1 is 1.62 bits per heavy atom. The minimum atomic E-state index is -0.561. The number of nitrogens with zero attached hydrogens (tertiary/aromatic N) is 2. The summed E-state index contributed by atoms with van der Waals surface area (Å²) in [6, 6.07) is 7.85. The van der Waals surface area contributed by atoms with E-state index in [0.29, 0.717) is 24.1 Å². The molecule has 0 aliphatic carbocycles. The highest BCUT2D eigenvalue weighted by molar-refractivity contribution is 5.77. The van der Waals surface area contributed by atoms with Crippen LogP contribution in [0.3, 0.4) is 0 Å². The molecule has 0 spiro atoms. The molecule has 16 heavy (non-hydrogen) atoms. The number of carbonyl (C=O) groups is 2. The minimum Gasteiger partial charge on any atom is -0.410 e. The Labute approximate surface area is 91.8 Å². The second-order valence-electron chi connectivity index (χ2n) is 3.36. The Morgan fingerprint density at radius 2 is 2.44 bits per heavy atom. The van der Waals surface area contributed by atoms with Gasteiger partial charge in [0, 0.05) is 5.56 Å². The highest BCUT2D eigenvalue weighted by Gasteiger charge is 2.40. The maximum absolute atomic E-state index is 11.4. The van der Waals surface area contributed by atoms with Crippen molar-refractivity contribution >= 4 is 12.4 Å². The molecule has 0 saturated carbocycles. The highest BCUT2D eigenvalue weighted by atomic mass is 16.6. The summed E-state index contributed by atoms with van der Waals surface area (Å²) >= 11 is 0. The van der Waals surface area contributed by atoms with Crippen LogP contribution < -0.4 is 4.74 Å². The molecule has 1 unspecified atom stereocenters. The van der Waals surface area contributed by atoms with Gasteiger partial charge in [-0.25, -0.2) is 4.79 Å². The van der Waals surface area contributed by atoms with Gasteiger partial charge in [0.15, 0.2) is 0 Å². The van der Waals surface area contributed by atoms with E-state index in [4.69, 9.17) is 10.00 Å². The van der Waals surface area contributed by atoms with E-state index < -0.39 is 6.09 Å². The van der Waals surface area contributed by atoms with E-state index >= 15 is 0 Å². The fraction of sp³-hybridized carbons (Fsp3) is 0.182. The van der Waals surface area contributed by atoms with Crippen molar-refractivity contribution in [2.24, 2.45) is 0 Å². The molecule has 5 nitrogen and oxygen atoms in total. The summed E-state index contributed by atoms with van der Waals surface area (Å²) in [5.41, 5.74) is 0.438. The summed E-state index contributed by atoms with van der Waals surface area (Å²) < 4.78 is 4.99. The first-order valence-electron chi connectivity index (χ1n) is 4.68. The zero-order valence-corrected chi connectivity index (χ0v) is 8.29. The van der Waals surface area contributed by atoms with Crippen molar-refractivity contribution in [3.05, 3.63) is 29.8 Å². The largest absolute Gasteiger partial charge is 0.416 e. The smallest absolute Gasteiger partial charge is 0.410 e. The average molecular weight is 216 g/mol. The van der Waals surface area contributed by atoms with Crippen molar-refractivity contribution in [3.8, 4) is 11.8 Å². The van der Waals surface area contributed by atoms with E-state index in [1.54, 1.807) is 18.2 Å². The highest BCUT2D eigenvalue weighted by Crippen LogP contribution is 2.20. The maximum Gasteiger partial charge on any atom is 0.416 e. The van der Waals surface area contributed by atoms with Gasteiger partial charge in [0.2, 0.25) is 0 Å². The van der Waals surface area contributed by atoms with Crippen molar-refractivity contribution in [2.75, 3.05) is 6.54 Å². The molecule has 1 heterocycles. The van der Waals surface area contributed by atoms with Crippen LogP contribution >= 0.6 is 0 Å². The SMILES string of the molecule is N#CC1CN1C(=O)Oc1cccc(C=O)c1. The summed E-state index contributed by atoms with van der Waals surface area (Å²) in [4.78, 5) is 23.2. The quantitative estimate of drug-likeness (QED) is 0.550. The molecular formula is C11H8N2O3. The summed E-state index contributed by atoms with van der Waals surface area (Å²) in [5.74, 6) is 0.304. The normalized spacial score (nSPS) is 17.4. The molecule has 0 aromatic heterocycles.